The standard InChI is InChI=1S/C32H68NO3.ClH/c1-7-8-9-10-11-12-13-15-18-21-24-27-30-33(2,3)31-28-25-22-19-16-14-17-20-23-26-29-32(34-4,35-5)36-6;/h7-31H2,1-6H3;1H/q+1;/p-1. The third-order valence-corrected chi connectivity index (χ3v) is 8.05. The predicted molar refractivity (Wildman–Crippen MR) is 157 cm³/mol. The van der Waals surface area contributed by atoms with Crippen LogP contribution < -0.4 is 12.4 Å². The minimum Gasteiger partial charge on any atom is -1.00 e. The molecule has 0 fully saturated rings. The Morgan fingerprint density at radius 2 is 0.703 bits per heavy atom. The van der Waals surface area contributed by atoms with E-state index in [2.05, 4.69) is 21.0 Å². The van der Waals surface area contributed by atoms with Crippen molar-refractivity contribution in [3.05, 3.63) is 0 Å². The van der Waals surface area contributed by atoms with Gasteiger partial charge in [0.15, 0.2) is 0 Å². The maximum atomic E-state index is 5.36. The van der Waals surface area contributed by atoms with Gasteiger partial charge in [-0.3, -0.25) is 0 Å². The minimum absolute atomic E-state index is 0. The van der Waals surface area contributed by atoms with Crippen LogP contribution in [0.25, 0.3) is 0 Å². The second kappa shape index (κ2) is 27.7. The summed E-state index contributed by atoms with van der Waals surface area (Å²) in [7, 11) is 9.82. The van der Waals surface area contributed by atoms with Crippen molar-refractivity contribution in [2.45, 2.75) is 161 Å². The van der Waals surface area contributed by atoms with Crippen LogP contribution in [-0.2, 0) is 14.2 Å². The van der Waals surface area contributed by atoms with Crippen molar-refractivity contribution in [1.29, 1.82) is 0 Å². The van der Waals surface area contributed by atoms with Gasteiger partial charge in [0.05, 0.1) is 27.2 Å². The molecule has 0 aromatic heterocycles. The van der Waals surface area contributed by atoms with Gasteiger partial charge in [-0.25, -0.2) is 0 Å². The number of rotatable bonds is 29. The fourth-order valence-corrected chi connectivity index (χ4v) is 5.34. The minimum atomic E-state index is -0.847. The molecule has 0 aliphatic carbocycles. The molecule has 0 spiro atoms. The summed E-state index contributed by atoms with van der Waals surface area (Å²) in [6.45, 7) is 5.01. The topological polar surface area (TPSA) is 27.7 Å². The molecule has 0 N–H and O–H groups in total. The Morgan fingerprint density at radius 1 is 0.432 bits per heavy atom. The zero-order valence-electron chi connectivity index (χ0n) is 26.2. The van der Waals surface area contributed by atoms with Crippen LogP contribution in [0.3, 0.4) is 0 Å². The van der Waals surface area contributed by atoms with Gasteiger partial charge in [-0.2, -0.15) is 0 Å². The van der Waals surface area contributed by atoms with Gasteiger partial charge in [0.1, 0.15) is 0 Å². The lowest BCUT2D eigenvalue weighted by Gasteiger charge is -2.30. The molecule has 0 aliphatic heterocycles. The predicted octanol–water partition coefficient (Wildman–Crippen LogP) is 6.65. The monoisotopic (exact) mass is 549 g/mol. The fraction of sp³-hybridized carbons (Fsp3) is 1.00. The van der Waals surface area contributed by atoms with E-state index in [4.69, 9.17) is 14.2 Å². The van der Waals surface area contributed by atoms with Crippen LogP contribution >= 0.6 is 0 Å². The number of hydrogen-bond acceptors (Lipinski definition) is 3. The average Bonchev–Trinajstić information content (AvgIpc) is 2.88. The van der Waals surface area contributed by atoms with Gasteiger partial charge in [-0.05, 0) is 32.1 Å². The highest BCUT2D eigenvalue weighted by molar-refractivity contribution is 4.57. The van der Waals surface area contributed by atoms with E-state index in [9.17, 15) is 0 Å². The molecule has 0 atom stereocenters. The van der Waals surface area contributed by atoms with E-state index in [1.807, 2.05) is 0 Å². The maximum Gasteiger partial charge on any atom is 0.282 e. The van der Waals surface area contributed by atoms with E-state index in [1.165, 1.54) is 152 Å². The second-order valence-electron chi connectivity index (χ2n) is 11.9. The molecule has 0 bridgehead atoms. The molecule has 0 aromatic carbocycles. The maximum absolute atomic E-state index is 5.36. The van der Waals surface area contributed by atoms with Gasteiger partial charge in [0.2, 0.25) is 0 Å². The summed E-state index contributed by atoms with van der Waals surface area (Å²) in [6, 6.07) is 0. The van der Waals surface area contributed by atoms with E-state index < -0.39 is 5.97 Å². The van der Waals surface area contributed by atoms with Crippen LogP contribution in [0.1, 0.15) is 155 Å². The molecule has 37 heavy (non-hydrogen) atoms. The Hall–Kier alpha value is 0.130. The molecule has 0 saturated carbocycles. The summed E-state index contributed by atoms with van der Waals surface area (Å²) in [4.78, 5) is 0. The average molecular weight is 550 g/mol. The van der Waals surface area contributed by atoms with Gasteiger partial charge in [-0.1, -0.05) is 116 Å². The summed E-state index contributed by atoms with van der Waals surface area (Å²) in [5, 5.41) is 0. The molecule has 0 aliphatic rings. The van der Waals surface area contributed by atoms with Gasteiger partial charge < -0.3 is 31.1 Å². The lowest BCUT2D eigenvalue weighted by Crippen LogP contribution is -3.00. The normalized spacial score (nSPS) is 12.2. The van der Waals surface area contributed by atoms with Crippen molar-refractivity contribution in [3.8, 4) is 0 Å². The summed E-state index contributed by atoms with van der Waals surface area (Å²) >= 11 is 0. The first-order chi connectivity index (χ1) is 17.4. The number of ether oxygens (including phenoxy) is 3. The van der Waals surface area contributed by atoms with Crippen LogP contribution in [0.15, 0.2) is 0 Å². The third kappa shape index (κ3) is 24.9. The lowest BCUT2D eigenvalue weighted by atomic mass is 10.0. The Morgan fingerprint density at radius 3 is 1.00 bits per heavy atom. The first-order valence-corrected chi connectivity index (χ1v) is 15.9. The van der Waals surface area contributed by atoms with Gasteiger partial charge in [0, 0.05) is 27.8 Å². The van der Waals surface area contributed by atoms with Crippen molar-refractivity contribution in [2.24, 2.45) is 0 Å². The van der Waals surface area contributed by atoms with Crippen LogP contribution in [0.2, 0.25) is 0 Å². The number of unbranched alkanes of at least 4 members (excludes halogenated alkanes) is 20. The van der Waals surface area contributed by atoms with Crippen LogP contribution in [0, 0.1) is 0 Å². The fourth-order valence-electron chi connectivity index (χ4n) is 5.34. The molecule has 0 aromatic rings. The Kier molecular flexibility index (Phi) is 29.4. The van der Waals surface area contributed by atoms with Crippen LogP contribution in [0.4, 0.5) is 0 Å². The molecule has 0 amide bonds. The first-order valence-electron chi connectivity index (χ1n) is 15.9. The Bertz CT molecular complexity index is 435. The molecular formula is C32H68ClNO3. The number of nitrogens with zero attached hydrogens (tertiary/aromatic N) is 1. The molecule has 4 nitrogen and oxygen atoms in total. The Balaban J connectivity index is 0. The highest BCUT2D eigenvalue weighted by Crippen LogP contribution is 2.21. The molecule has 0 saturated heterocycles. The van der Waals surface area contributed by atoms with Crippen molar-refractivity contribution in [2.75, 3.05) is 48.5 Å². The van der Waals surface area contributed by atoms with E-state index >= 15 is 0 Å². The molecule has 226 valence electrons. The highest BCUT2D eigenvalue weighted by Gasteiger charge is 2.28. The van der Waals surface area contributed by atoms with Gasteiger partial charge in [-0.15, -0.1) is 0 Å². The van der Waals surface area contributed by atoms with Gasteiger partial charge >= 0.3 is 0 Å². The van der Waals surface area contributed by atoms with E-state index in [0.717, 1.165) is 12.8 Å². The summed E-state index contributed by atoms with van der Waals surface area (Å²) in [5.41, 5.74) is 0. The molecule has 0 unspecified atom stereocenters. The van der Waals surface area contributed by atoms with E-state index in [-0.39, 0.29) is 12.4 Å². The Labute approximate surface area is 240 Å². The third-order valence-electron chi connectivity index (χ3n) is 8.05. The summed E-state index contributed by atoms with van der Waals surface area (Å²) < 4.78 is 17.3. The van der Waals surface area contributed by atoms with E-state index in [0.29, 0.717) is 0 Å². The van der Waals surface area contributed by atoms with Crippen molar-refractivity contribution >= 4 is 0 Å². The number of halogens is 1. The zero-order valence-corrected chi connectivity index (χ0v) is 27.0. The van der Waals surface area contributed by atoms with Gasteiger partial charge in [0.25, 0.3) is 5.97 Å². The molecular weight excluding hydrogens is 482 g/mol. The van der Waals surface area contributed by atoms with E-state index in [1.54, 1.807) is 21.3 Å². The zero-order chi connectivity index (χ0) is 26.8. The summed E-state index contributed by atoms with van der Waals surface area (Å²) in [5.74, 6) is -0.847. The molecule has 5 heteroatoms. The highest BCUT2D eigenvalue weighted by atomic mass is 35.5. The molecule has 0 radical (unpaired) electrons. The van der Waals surface area contributed by atoms with Crippen molar-refractivity contribution in [3.63, 3.8) is 0 Å². The van der Waals surface area contributed by atoms with Crippen molar-refractivity contribution in [1.82, 2.24) is 0 Å². The largest absolute Gasteiger partial charge is 1.00 e. The van der Waals surface area contributed by atoms with Crippen molar-refractivity contribution < 1.29 is 31.1 Å². The quantitative estimate of drug-likeness (QED) is 0.0593. The summed E-state index contributed by atoms with van der Waals surface area (Å²) in [6.07, 6.45) is 31.5. The second-order valence-corrected chi connectivity index (χ2v) is 11.9. The smallest absolute Gasteiger partial charge is 0.282 e. The first kappa shape index (κ1) is 39.3. The number of hydrogen-bond donors (Lipinski definition) is 0. The SMILES string of the molecule is CCCCCCCCCCCCCC[N+](C)(C)CCCCCCCCCCCCC(OC)(OC)OC.[Cl-]. The number of methoxy groups -OCH3 is 3. The van der Waals surface area contributed by atoms with Crippen LogP contribution in [-0.4, -0.2) is 59.0 Å². The van der Waals surface area contributed by atoms with Crippen LogP contribution in [0.5, 0.6) is 0 Å². The molecule has 0 rings (SSSR count). The number of quaternary nitrogens is 1. The lowest BCUT2D eigenvalue weighted by molar-refractivity contribution is -0.890. The molecule has 0 heterocycles.